The number of hydrogen-bond acceptors (Lipinski definition) is 5. The second kappa shape index (κ2) is 11.5. The third kappa shape index (κ3) is 8.20. The van der Waals surface area contributed by atoms with Gasteiger partial charge in [-0.25, -0.2) is 8.42 Å². The molecule has 10 heteroatoms. The number of hydrogen-bond donors (Lipinski definition) is 3. The molecule has 0 saturated carbocycles. The first-order valence-corrected chi connectivity index (χ1v) is 11.0. The molecule has 0 aliphatic carbocycles. The van der Waals surface area contributed by atoms with Gasteiger partial charge < -0.3 is 15.5 Å². The van der Waals surface area contributed by atoms with Crippen LogP contribution in [0.25, 0.3) is 0 Å². The van der Waals surface area contributed by atoms with Crippen LogP contribution in [0.3, 0.4) is 0 Å². The van der Waals surface area contributed by atoms with Gasteiger partial charge in [0.1, 0.15) is 0 Å². The van der Waals surface area contributed by atoms with Gasteiger partial charge in [0.25, 0.3) is 0 Å². The van der Waals surface area contributed by atoms with E-state index in [1.54, 1.807) is 0 Å². The number of carbonyl (C=O) groups is 3. The number of sulfonamides is 1. The number of rotatable bonds is 11. The molecule has 1 rings (SSSR count). The molecule has 0 unspecified atom stereocenters. The summed E-state index contributed by atoms with van der Waals surface area (Å²) in [5.74, 6) is -1.02. The summed E-state index contributed by atoms with van der Waals surface area (Å²) < 4.78 is 27.5. The molecule has 1 aromatic carbocycles. The number of anilines is 1. The van der Waals surface area contributed by atoms with Crippen LogP contribution in [0.4, 0.5) is 5.69 Å². The molecule has 0 bridgehead atoms. The highest BCUT2D eigenvalue weighted by atomic mass is 32.2. The summed E-state index contributed by atoms with van der Waals surface area (Å²) >= 11 is 0. The van der Waals surface area contributed by atoms with Crippen LogP contribution < -0.4 is 15.4 Å². The Balaban J connectivity index is 2.83. The highest BCUT2D eigenvalue weighted by Crippen LogP contribution is 2.14. The zero-order valence-corrected chi connectivity index (χ0v) is 18.1. The van der Waals surface area contributed by atoms with E-state index in [0.717, 1.165) is 6.42 Å². The third-order valence-electron chi connectivity index (χ3n) is 3.90. The fourth-order valence-corrected chi connectivity index (χ4v) is 3.77. The molecule has 1 atom stereocenters. The first-order chi connectivity index (χ1) is 13.6. The Morgan fingerprint density at radius 3 is 2.21 bits per heavy atom. The average Bonchev–Trinajstić information content (AvgIpc) is 2.65. The maximum Gasteiger partial charge on any atom is 0.241 e. The number of nitrogens with zero attached hydrogens (tertiary/aromatic N) is 1. The molecule has 0 spiro atoms. The predicted octanol–water partition coefficient (Wildman–Crippen LogP) is 1.08. The first-order valence-electron chi connectivity index (χ1n) is 9.56. The Morgan fingerprint density at radius 2 is 1.69 bits per heavy atom. The molecule has 0 saturated heterocycles. The van der Waals surface area contributed by atoms with Crippen molar-refractivity contribution in [2.75, 3.05) is 25.0 Å². The quantitative estimate of drug-likeness (QED) is 0.488. The Hall–Kier alpha value is -2.46. The Morgan fingerprint density at radius 1 is 1.07 bits per heavy atom. The minimum atomic E-state index is -3.95. The second-order valence-electron chi connectivity index (χ2n) is 6.66. The zero-order chi connectivity index (χ0) is 22.0. The normalized spacial score (nSPS) is 12.1. The van der Waals surface area contributed by atoms with Gasteiger partial charge in [0.2, 0.25) is 27.7 Å². The van der Waals surface area contributed by atoms with E-state index in [9.17, 15) is 22.8 Å². The van der Waals surface area contributed by atoms with Crippen molar-refractivity contribution in [1.82, 2.24) is 14.9 Å². The van der Waals surface area contributed by atoms with Crippen LogP contribution in [-0.4, -0.2) is 56.7 Å². The van der Waals surface area contributed by atoms with Gasteiger partial charge >= 0.3 is 0 Å². The maximum absolute atomic E-state index is 12.7. The number of amides is 3. The van der Waals surface area contributed by atoms with E-state index in [2.05, 4.69) is 15.4 Å². The van der Waals surface area contributed by atoms with Crippen molar-refractivity contribution in [3.8, 4) is 0 Å². The number of carbonyl (C=O) groups excluding carboxylic acids is 3. The molecule has 0 radical (unpaired) electrons. The Labute approximate surface area is 172 Å². The lowest BCUT2D eigenvalue weighted by Gasteiger charge is -2.25. The molecule has 1 aromatic rings. The lowest BCUT2D eigenvalue weighted by molar-refractivity contribution is -0.137. The summed E-state index contributed by atoms with van der Waals surface area (Å²) in [6.45, 7) is 7.33. The minimum absolute atomic E-state index is 0.0333. The van der Waals surface area contributed by atoms with E-state index >= 15 is 0 Å². The molecule has 29 heavy (non-hydrogen) atoms. The van der Waals surface area contributed by atoms with Crippen LogP contribution in [0.2, 0.25) is 0 Å². The Bertz CT molecular complexity index is 808. The zero-order valence-electron chi connectivity index (χ0n) is 17.3. The van der Waals surface area contributed by atoms with Gasteiger partial charge in [-0.15, -0.1) is 0 Å². The first kappa shape index (κ1) is 24.6. The maximum atomic E-state index is 12.7. The van der Waals surface area contributed by atoms with Crippen LogP contribution in [0, 0.1) is 0 Å². The van der Waals surface area contributed by atoms with Crippen molar-refractivity contribution in [1.29, 1.82) is 0 Å². The fraction of sp³-hybridized carbons (Fsp3) is 0.526. The van der Waals surface area contributed by atoms with E-state index in [1.165, 1.54) is 43.0 Å². The van der Waals surface area contributed by atoms with E-state index in [1.807, 2.05) is 13.8 Å². The molecule has 0 fully saturated rings. The van der Waals surface area contributed by atoms with Crippen LogP contribution in [0.1, 0.15) is 40.5 Å². The van der Waals surface area contributed by atoms with Crippen molar-refractivity contribution in [3.05, 3.63) is 24.3 Å². The van der Waals surface area contributed by atoms with Crippen LogP contribution in [-0.2, 0) is 24.4 Å². The molecule has 3 amide bonds. The van der Waals surface area contributed by atoms with Crippen LogP contribution in [0.15, 0.2) is 29.2 Å². The van der Waals surface area contributed by atoms with Gasteiger partial charge in [-0.2, -0.15) is 4.72 Å². The standard InChI is InChI=1S/C19H30N4O5S/c1-5-11-20-18(25)13-23(12-6-2)19(26)14(3)22-29(27,28)17-9-7-16(8-10-17)21-15(4)24/h7-10,14,22H,5-6,11-13H2,1-4H3,(H,20,25)(H,21,24)/t14-/m0/s1. The molecular weight excluding hydrogens is 396 g/mol. The van der Waals surface area contributed by atoms with Gasteiger partial charge in [-0.05, 0) is 44.0 Å². The minimum Gasteiger partial charge on any atom is -0.355 e. The lowest BCUT2D eigenvalue weighted by atomic mass is 10.2. The topological polar surface area (TPSA) is 125 Å². The molecule has 3 N–H and O–H groups in total. The van der Waals surface area contributed by atoms with Crippen molar-refractivity contribution < 1.29 is 22.8 Å². The molecule has 0 aliphatic rings. The predicted molar refractivity (Wildman–Crippen MR) is 111 cm³/mol. The third-order valence-corrected chi connectivity index (χ3v) is 5.46. The SMILES string of the molecule is CCCNC(=O)CN(CCC)C(=O)[C@H](C)NS(=O)(=O)c1ccc(NC(C)=O)cc1. The summed E-state index contributed by atoms with van der Waals surface area (Å²) in [6, 6.07) is 4.56. The molecular formula is C19H30N4O5S. The van der Waals surface area contributed by atoms with Crippen LogP contribution >= 0.6 is 0 Å². The van der Waals surface area contributed by atoms with E-state index in [0.29, 0.717) is 25.2 Å². The van der Waals surface area contributed by atoms with E-state index < -0.39 is 22.0 Å². The van der Waals surface area contributed by atoms with E-state index in [-0.39, 0.29) is 23.3 Å². The second-order valence-corrected chi connectivity index (χ2v) is 8.37. The molecule has 162 valence electrons. The summed E-state index contributed by atoms with van der Waals surface area (Å²) in [5.41, 5.74) is 0.466. The van der Waals surface area contributed by atoms with Crippen molar-refractivity contribution in [2.45, 2.75) is 51.5 Å². The van der Waals surface area contributed by atoms with Gasteiger partial charge in [-0.1, -0.05) is 13.8 Å². The van der Waals surface area contributed by atoms with Crippen molar-refractivity contribution in [3.63, 3.8) is 0 Å². The molecule has 9 nitrogen and oxygen atoms in total. The summed E-state index contributed by atoms with van der Waals surface area (Å²) in [7, 11) is -3.95. The fourth-order valence-electron chi connectivity index (χ4n) is 2.58. The van der Waals surface area contributed by atoms with E-state index in [4.69, 9.17) is 0 Å². The van der Waals surface area contributed by atoms with Gasteiger partial charge in [-0.3, -0.25) is 14.4 Å². The smallest absolute Gasteiger partial charge is 0.241 e. The summed E-state index contributed by atoms with van der Waals surface area (Å²) in [4.78, 5) is 37.0. The Kier molecular flexibility index (Phi) is 9.76. The monoisotopic (exact) mass is 426 g/mol. The van der Waals surface area contributed by atoms with Gasteiger partial charge in [0.05, 0.1) is 17.5 Å². The van der Waals surface area contributed by atoms with Gasteiger partial charge in [0, 0.05) is 25.7 Å². The molecule has 0 aliphatic heterocycles. The lowest BCUT2D eigenvalue weighted by Crippen LogP contribution is -2.50. The summed E-state index contributed by atoms with van der Waals surface area (Å²) in [5, 5.41) is 5.26. The van der Waals surface area contributed by atoms with Gasteiger partial charge in [0.15, 0.2) is 0 Å². The largest absolute Gasteiger partial charge is 0.355 e. The highest BCUT2D eigenvalue weighted by molar-refractivity contribution is 7.89. The number of nitrogens with one attached hydrogen (secondary N) is 3. The molecule has 0 heterocycles. The molecule has 0 aromatic heterocycles. The number of benzene rings is 1. The highest BCUT2D eigenvalue weighted by Gasteiger charge is 2.26. The van der Waals surface area contributed by atoms with Crippen molar-refractivity contribution in [2.24, 2.45) is 0 Å². The average molecular weight is 427 g/mol. The van der Waals surface area contributed by atoms with Crippen molar-refractivity contribution >= 4 is 33.4 Å². The summed E-state index contributed by atoms with van der Waals surface area (Å²) in [6.07, 6.45) is 1.42. The van der Waals surface area contributed by atoms with Crippen LogP contribution in [0.5, 0.6) is 0 Å².